The van der Waals surface area contributed by atoms with E-state index in [1.54, 1.807) is 0 Å². The molecule has 265 valence electrons. The molecule has 6 rings (SSSR count). The molecule has 0 saturated carbocycles. The molecule has 0 aromatic carbocycles. The van der Waals surface area contributed by atoms with Crippen LogP contribution < -0.4 is 0 Å². The number of hydrogen-bond donors (Lipinski definition) is 0. The van der Waals surface area contributed by atoms with Gasteiger partial charge in [0.05, 0.1) is 57.4 Å². The van der Waals surface area contributed by atoms with Crippen molar-refractivity contribution in [3.8, 4) is 11.4 Å². The Bertz CT molecular complexity index is 1840. The molecule has 0 fully saturated rings. The van der Waals surface area contributed by atoms with Crippen LogP contribution in [0.15, 0.2) is 121 Å². The van der Waals surface area contributed by atoms with Crippen LogP contribution in [0, 0.1) is 24.0 Å². The maximum Gasteiger partial charge on any atom is 0.417 e. The molecule has 17 heteroatoms. The zero-order chi connectivity index (χ0) is 36.6. The summed E-state index contributed by atoms with van der Waals surface area (Å²) in [6.07, 6.45) is -3.96. The number of allylic oxidation sites excluding steroid dienone is 6. The third kappa shape index (κ3) is 11.5. The van der Waals surface area contributed by atoms with Crippen molar-refractivity contribution in [2.24, 2.45) is 0 Å². The number of nitrogens with zero attached hydrogens (tertiary/aromatic N) is 4. The Hall–Kier alpha value is -5.07. The minimum absolute atomic E-state index is 0. The van der Waals surface area contributed by atoms with Crippen LogP contribution in [0.5, 0.6) is 0 Å². The van der Waals surface area contributed by atoms with Gasteiger partial charge in [-0.05, 0) is 60.7 Å². The molecule has 2 aliphatic carbocycles. The third-order valence-corrected chi connectivity index (χ3v) is 6.13. The topological polar surface area (TPSA) is 51.6 Å². The molecule has 0 spiro atoms. The van der Waals surface area contributed by atoms with Crippen LogP contribution in [0.1, 0.15) is 22.5 Å². The predicted octanol–water partition coefficient (Wildman–Crippen LogP) is 10.4. The molecule has 4 nitrogen and oxygen atoms in total. The van der Waals surface area contributed by atoms with Crippen molar-refractivity contribution in [3.05, 3.63) is 167 Å². The van der Waals surface area contributed by atoms with Crippen molar-refractivity contribution in [2.75, 3.05) is 0 Å². The Balaban J connectivity index is 0.000000208. The first-order valence-electron chi connectivity index (χ1n) is 13.6. The van der Waals surface area contributed by atoms with Gasteiger partial charge in [-0.2, -0.15) is 26.3 Å². The SMILES string of the molecule is FC(F)(F)c1ccc(-c2ccc(C(F)(F)F)cn2)nc1.F[C]1C=C(F)C=C=C1c1ccc(F)cn1.F[C]1C=C(F)C=C=C1c1ccc(F)cn1.[Ir]. The van der Waals surface area contributed by atoms with E-state index < -0.39 is 59.1 Å². The molecule has 51 heavy (non-hydrogen) atoms. The molecule has 4 aromatic heterocycles. The van der Waals surface area contributed by atoms with E-state index in [4.69, 9.17) is 0 Å². The second kappa shape index (κ2) is 17.2. The quantitative estimate of drug-likeness (QED) is 0.152. The van der Waals surface area contributed by atoms with Crippen molar-refractivity contribution in [2.45, 2.75) is 12.4 Å². The summed E-state index contributed by atoms with van der Waals surface area (Å²) >= 11 is 0. The third-order valence-electron chi connectivity index (χ3n) is 6.13. The van der Waals surface area contributed by atoms with Crippen molar-refractivity contribution < 1.29 is 72.8 Å². The number of pyridine rings is 4. The fraction of sp³-hybridized carbons (Fsp3) is 0.0588. The molecule has 0 aliphatic heterocycles. The van der Waals surface area contributed by atoms with E-state index in [-0.39, 0.29) is 54.0 Å². The summed E-state index contributed by atoms with van der Waals surface area (Å²) in [5.41, 5.74) is 3.54. The van der Waals surface area contributed by atoms with Crippen molar-refractivity contribution >= 4 is 11.1 Å². The van der Waals surface area contributed by atoms with E-state index in [1.165, 1.54) is 12.1 Å². The fourth-order valence-corrected chi connectivity index (χ4v) is 3.76. The van der Waals surface area contributed by atoms with Crippen molar-refractivity contribution in [3.63, 3.8) is 0 Å². The smallest absolute Gasteiger partial charge is 0.254 e. The monoisotopic (exact) mass is 901 g/mol. The molecular formula is C34H16F12IrN4. The molecule has 0 unspecified atom stereocenters. The Kier molecular flexibility index (Phi) is 13.6. The van der Waals surface area contributed by atoms with Gasteiger partial charge in [0.1, 0.15) is 23.3 Å². The van der Waals surface area contributed by atoms with E-state index in [9.17, 15) is 52.7 Å². The van der Waals surface area contributed by atoms with E-state index in [0.29, 0.717) is 12.4 Å². The van der Waals surface area contributed by atoms with E-state index in [1.807, 2.05) is 0 Å². The van der Waals surface area contributed by atoms with Gasteiger partial charge in [-0.25, -0.2) is 26.3 Å². The second-order valence-corrected chi connectivity index (χ2v) is 9.66. The van der Waals surface area contributed by atoms with E-state index >= 15 is 0 Å². The summed E-state index contributed by atoms with van der Waals surface area (Å²) in [5, 5.41) is 0. The first-order chi connectivity index (χ1) is 23.5. The fourth-order valence-electron chi connectivity index (χ4n) is 3.76. The summed E-state index contributed by atoms with van der Waals surface area (Å²) in [6, 6.07) is 8.61. The molecule has 3 radical (unpaired) electrons. The predicted molar refractivity (Wildman–Crippen MR) is 156 cm³/mol. The van der Waals surface area contributed by atoms with E-state index in [2.05, 4.69) is 31.4 Å². The van der Waals surface area contributed by atoms with Gasteiger partial charge in [0.25, 0.3) is 0 Å². The van der Waals surface area contributed by atoms with Gasteiger partial charge in [-0.3, -0.25) is 19.9 Å². The first-order valence-corrected chi connectivity index (χ1v) is 13.6. The molecule has 4 heterocycles. The summed E-state index contributed by atoms with van der Waals surface area (Å²) in [4.78, 5) is 14.4. The maximum absolute atomic E-state index is 13.2. The van der Waals surface area contributed by atoms with Crippen LogP contribution in [0.3, 0.4) is 0 Å². The van der Waals surface area contributed by atoms with Crippen molar-refractivity contribution in [1.82, 2.24) is 19.9 Å². The molecular weight excluding hydrogens is 885 g/mol. The van der Waals surface area contributed by atoms with Gasteiger partial charge in [-0.15, -0.1) is 11.5 Å². The average Bonchev–Trinajstić information content (AvgIpc) is 3.06. The number of alkyl halides is 6. The minimum atomic E-state index is -4.51. The van der Waals surface area contributed by atoms with Gasteiger partial charge in [0.2, 0.25) is 12.3 Å². The summed E-state index contributed by atoms with van der Waals surface area (Å²) in [6.45, 7) is 0. The Morgan fingerprint density at radius 3 is 1.02 bits per heavy atom. The standard InChI is InChI=1S/C12H6F6N2.2C11H5F3N.Ir/c13-11(14,15)7-1-3-9(19-5-7)10-4-2-8(6-20-10)12(16,17)18;2*12-7-1-3-9(10(14)5-7)11-4-2-8(13)6-15-11;/h1-6H;2*1-2,4-6H;. The molecule has 0 N–H and O–H groups in total. The summed E-state index contributed by atoms with van der Waals surface area (Å²) in [7, 11) is 0. The number of aromatic nitrogens is 4. The van der Waals surface area contributed by atoms with E-state index in [0.717, 1.165) is 73.1 Å². The van der Waals surface area contributed by atoms with Crippen LogP contribution >= 0.6 is 0 Å². The largest absolute Gasteiger partial charge is 0.417 e. The minimum Gasteiger partial charge on any atom is -0.254 e. The zero-order valence-electron chi connectivity index (χ0n) is 24.9. The normalized spacial score (nSPS) is 14.4. The molecule has 0 atom stereocenters. The number of halogens is 12. The summed E-state index contributed by atoms with van der Waals surface area (Å²) in [5.74, 6) is -2.45. The van der Waals surface area contributed by atoms with Crippen LogP contribution in [-0.4, -0.2) is 19.9 Å². The van der Waals surface area contributed by atoms with Crippen LogP contribution in [-0.2, 0) is 32.5 Å². The maximum atomic E-state index is 13.2. The van der Waals surface area contributed by atoms with Gasteiger partial charge >= 0.3 is 12.4 Å². The van der Waals surface area contributed by atoms with Crippen LogP contribution in [0.25, 0.3) is 22.5 Å². The zero-order valence-corrected chi connectivity index (χ0v) is 27.3. The molecule has 0 saturated heterocycles. The van der Waals surface area contributed by atoms with Crippen LogP contribution in [0.2, 0.25) is 0 Å². The Labute approximate surface area is 294 Å². The molecule has 2 aliphatic rings. The summed E-state index contributed by atoms with van der Waals surface area (Å²) < 4.78 is 151. The first kappa shape index (κ1) is 40.4. The molecule has 0 amide bonds. The second-order valence-electron chi connectivity index (χ2n) is 9.66. The van der Waals surface area contributed by atoms with Crippen LogP contribution in [0.4, 0.5) is 52.7 Å². The van der Waals surface area contributed by atoms with Gasteiger partial charge in [-0.1, -0.05) is 0 Å². The number of rotatable bonds is 3. The Morgan fingerprint density at radius 2 is 0.765 bits per heavy atom. The van der Waals surface area contributed by atoms with Crippen molar-refractivity contribution in [1.29, 1.82) is 0 Å². The number of hydrogen-bond acceptors (Lipinski definition) is 4. The van der Waals surface area contributed by atoms with Gasteiger partial charge in [0.15, 0.2) is 0 Å². The average molecular weight is 901 g/mol. The molecule has 4 aromatic rings. The van der Waals surface area contributed by atoms with Gasteiger partial charge < -0.3 is 0 Å². The Morgan fingerprint density at radius 1 is 0.431 bits per heavy atom. The van der Waals surface area contributed by atoms with Gasteiger partial charge in [0, 0.05) is 44.7 Å². The molecule has 0 bridgehead atoms.